The van der Waals surface area contributed by atoms with Gasteiger partial charge in [0, 0.05) is 50.0 Å². The summed E-state index contributed by atoms with van der Waals surface area (Å²) in [7, 11) is 0. The lowest BCUT2D eigenvalue weighted by molar-refractivity contribution is -0.174. The third kappa shape index (κ3) is 7.87. The zero-order valence-electron chi connectivity index (χ0n) is 23.8. The summed E-state index contributed by atoms with van der Waals surface area (Å²) in [5.41, 5.74) is 3.38. The fourth-order valence-corrected chi connectivity index (χ4v) is 5.22. The van der Waals surface area contributed by atoms with Gasteiger partial charge in [-0.2, -0.15) is 26.3 Å². The number of rotatable bonds is 10. The second kappa shape index (κ2) is 13.5. The van der Waals surface area contributed by atoms with E-state index in [1.807, 2.05) is 4.90 Å². The largest absolute Gasteiger partial charge is 0.416 e. The summed E-state index contributed by atoms with van der Waals surface area (Å²) in [6.07, 6.45) is -9.34. The molecule has 1 unspecified atom stereocenters. The highest BCUT2D eigenvalue weighted by atomic mass is 19.4. The van der Waals surface area contributed by atoms with Gasteiger partial charge in [0.25, 0.3) is 5.56 Å². The molecule has 0 spiro atoms. The van der Waals surface area contributed by atoms with Gasteiger partial charge >= 0.3 is 18.0 Å². The molecule has 1 aliphatic rings. The van der Waals surface area contributed by atoms with E-state index in [0.29, 0.717) is 18.7 Å². The highest BCUT2D eigenvalue weighted by Gasteiger charge is 2.35. The van der Waals surface area contributed by atoms with Crippen molar-refractivity contribution in [2.75, 3.05) is 50.8 Å². The Hall–Kier alpha value is -3.69. The van der Waals surface area contributed by atoms with Crippen LogP contribution in [0.15, 0.2) is 58.1 Å². The van der Waals surface area contributed by atoms with Gasteiger partial charge in [0.2, 0.25) is 0 Å². The molecule has 1 fully saturated rings. The molecule has 1 aromatic heterocycles. The Morgan fingerprint density at radius 3 is 2.18 bits per heavy atom. The molecule has 1 atom stereocenters. The van der Waals surface area contributed by atoms with E-state index in [4.69, 9.17) is 5.73 Å². The molecule has 0 aliphatic carbocycles. The number of benzene rings is 2. The molecule has 8 nitrogen and oxygen atoms in total. The van der Waals surface area contributed by atoms with Crippen molar-refractivity contribution >= 4 is 5.69 Å². The molecular weight excluding hydrogens is 599 g/mol. The number of aromatic nitrogens is 2. The molecule has 0 radical (unpaired) electrons. The molecule has 2 heterocycles. The van der Waals surface area contributed by atoms with E-state index in [1.54, 1.807) is 35.2 Å². The minimum absolute atomic E-state index is 0.0442. The molecule has 3 aromatic rings. The molecule has 0 amide bonds. The van der Waals surface area contributed by atoms with E-state index < -0.39 is 59.7 Å². The summed E-state index contributed by atoms with van der Waals surface area (Å²) >= 11 is 0. The van der Waals surface area contributed by atoms with Crippen LogP contribution in [0.25, 0.3) is 0 Å². The van der Waals surface area contributed by atoms with E-state index in [2.05, 4.69) is 4.74 Å². The standard InChI is InChI=1S/C29H32F7N5O3/c1-19-25(39-12-10-38(11-13-39)14-15-44-18-28(31,32)33)26(42)41(17-24(37)20-6-3-2-4-7-20)27(43)40(19)16-21-22(29(34,35)36)8-5-9-23(21)30/h2-9,24H,10-18,37H2,1H3. The Morgan fingerprint density at radius 1 is 0.909 bits per heavy atom. The van der Waals surface area contributed by atoms with Crippen molar-refractivity contribution in [2.45, 2.75) is 38.4 Å². The zero-order chi connectivity index (χ0) is 32.2. The maximum atomic E-state index is 14.8. The topological polar surface area (TPSA) is 85.7 Å². The molecule has 4 rings (SSSR count). The van der Waals surface area contributed by atoms with E-state index >= 15 is 0 Å². The summed E-state index contributed by atoms with van der Waals surface area (Å²) in [5, 5.41) is 0. The lowest BCUT2D eigenvalue weighted by Gasteiger charge is -2.36. The predicted octanol–water partition coefficient (Wildman–Crippen LogP) is 3.93. The van der Waals surface area contributed by atoms with Gasteiger partial charge in [-0.3, -0.25) is 18.8 Å². The minimum Gasteiger partial charge on any atom is -0.371 e. The van der Waals surface area contributed by atoms with Crippen LogP contribution in [0.4, 0.5) is 36.4 Å². The van der Waals surface area contributed by atoms with Crippen LogP contribution in [0.2, 0.25) is 0 Å². The van der Waals surface area contributed by atoms with Gasteiger partial charge in [-0.25, -0.2) is 9.18 Å². The summed E-state index contributed by atoms with van der Waals surface area (Å²) in [4.78, 5) is 31.0. The number of nitrogens with two attached hydrogens (primary N) is 1. The Kier molecular flexibility index (Phi) is 10.2. The van der Waals surface area contributed by atoms with Crippen LogP contribution in [-0.2, 0) is 24.0 Å². The molecule has 240 valence electrons. The van der Waals surface area contributed by atoms with Crippen molar-refractivity contribution in [1.29, 1.82) is 0 Å². The second-order valence-electron chi connectivity index (χ2n) is 10.5. The van der Waals surface area contributed by atoms with Gasteiger partial charge in [0.15, 0.2) is 0 Å². The Labute approximate surface area is 248 Å². The van der Waals surface area contributed by atoms with Crippen molar-refractivity contribution in [3.63, 3.8) is 0 Å². The normalized spacial score (nSPS) is 15.5. The summed E-state index contributed by atoms with van der Waals surface area (Å²) < 4.78 is 99.8. The summed E-state index contributed by atoms with van der Waals surface area (Å²) in [6.45, 7) is 0.138. The van der Waals surface area contributed by atoms with Crippen LogP contribution < -0.4 is 21.9 Å². The minimum atomic E-state index is -4.90. The molecule has 0 saturated carbocycles. The number of piperazine rings is 1. The van der Waals surface area contributed by atoms with Gasteiger partial charge < -0.3 is 15.4 Å². The van der Waals surface area contributed by atoms with Crippen LogP contribution in [-0.4, -0.2) is 66.1 Å². The van der Waals surface area contributed by atoms with Gasteiger partial charge in [-0.15, -0.1) is 0 Å². The quantitative estimate of drug-likeness (QED) is 0.270. The van der Waals surface area contributed by atoms with Gasteiger partial charge in [0.1, 0.15) is 18.1 Å². The maximum absolute atomic E-state index is 14.8. The number of anilines is 1. The Balaban J connectivity index is 1.70. The number of nitrogens with zero attached hydrogens (tertiary/aromatic N) is 4. The summed E-state index contributed by atoms with van der Waals surface area (Å²) in [6, 6.07) is 10.3. The van der Waals surface area contributed by atoms with E-state index in [-0.39, 0.29) is 44.2 Å². The third-order valence-electron chi connectivity index (χ3n) is 7.51. The monoisotopic (exact) mass is 631 g/mol. The SMILES string of the molecule is Cc1c(N2CCN(CCOCC(F)(F)F)CC2)c(=O)n(CC(N)c2ccccc2)c(=O)n1Cc1c(F)cccc1C(F)(F)F. The van der Waals surface area contributed by atoms with Crippen LogP contribution >= 0.6 is 0 Å². The van der Waals surface area contributed by atoms with Crippen LogP contribution in [0.5, 0.6) is 0 Å². The van der Waals surface area contributed by atoms with E-state index in [0.717, 1.165) is 27.3 Å². The molecule has 15 heteroatoms. The van der Waals surface area contributed by atoms with Gasteiger partial charge in [-0.05, 0) is 24.6 Å². The first-order chi connectivity index (χ1) is 20.7. The molecular formula is C29H32F7N5O3. The molecule has 1 aliphatic heterocycles. The number of alkyl halides is 6. The highest BCUT2D eigenvalue weighted by Crippen LogP contribution is 2.33. The van der Waals surface area contributed by atoms with Crippen LogP contribution in [0.3, 0.4) is 0 Å². The van der Waals surface area contributed by atoms with Crippen molar-refractivity contribution in [2.24, 2.45) is 5.73 Å². The smallest absolute Gasteiger partial charge is 0.371 e. The van der Waals surface area contributed by atoms with Gasteiger partial charge in [0.05, 0.1) is 25.3 Å². The molecule has 2 aromatic carbocycles. The van der Waals surface area contributed by atoms with E-state index in [1.165, 1.54) is 6.92 Å². The fraction of sp³-hybridized carbons (Fsp3) is 0.448. The molecule has 1 saturated heterocycles. The average Bonchev–Trinajstić information content (AvgIpc) is 2.96. The predicted molar refractivity (Wildman–Crippen MR) is 149 cm³/mol. The zero-order valence-corrected chi connectivity index (χ0v) is 23.8. The van der Waals surface area contributed by atoms with Crippen molar-refractivity contribution in [3.8, 4) is 0 Å². The molecule has 44 heavy (non-hydrogen) atoms. The van der Waals surface area contributed by atoms with Crippen molar-refractivity contribution < 1.29 is 35.5 Å². The van der Waals surface area contributed by atoms with Crippen molar-refractivity contribution in [1.82, 2.24) is 14.0 Å². The average molecular weight is 632 g/mol. The second-order valence-corrected chi connectivity index (χ2v) is 10.5. The first-order valence-corrected chi connectivity index (χ1v) is 13.8. The number of hydrogen-bond donors (Lipinski definition) is 1. The first-order valence-electron chi connectivity index (χ1n) is 13.8. The number of ether oxygens (including phenoxy) is 1. The highest BCUT2D eigenvalue weighted by molar-refractivity contribution is 5.50. The van der Waals surface area contributed by atoms with Crippen LogP contribution in [0, 0.1) is 12.7 Å². The lowest BCUT2D eigenvalue weighted by atomic mass is 10.1. The lowest BCUT2D eigenvalue weighted by Crippen LogP contribution is -2.52. The molecule has 0 bridgehead atoms. The Bertz CT molecular complexity index is 1550. The van der Waals surface area contributed by atoms with Crippen LogP contribution in [0.1, 0.15) is 28.4 Å². The first kappa shape index (κ1) is 33.2. The Morgan fingerprint density at radius 2 is 1.57 bits per heavy atom. The van der Waals surface area contributed by atoms with Gasteiger partial charge in [-0.1, -0.05) is 36.4 Å². The number of halogens is 7. The third-order valence-corrected chi connectivity index (χ3v) is 7.51. The summed E-state index contributed by atoms with van der Waals surface area (Å²) in [5.74, 6) is -1.16. The molecule has 2 N–H and O–H groups in total. The van der Waals surface area contributed by atoms with Crippen molar-refractivity contribution in [3.05, 3.63) is 97.6 Å². The van der Waals surface area contributed by atoms with E-state index in [9.17, 15) is 40.3 Å². The number of hydrogen-bond acceptors (Lipinski definition) is 6. The maximum Gasteiger partial charge on any atom is 0.416 e. The fourth-order valence-electron chi connectivity index (χ4n) is 5.22.